The van der Waals surface area contributed by atoms with Gasteiger partial charge in [0, 0.05) is 9.13 Å². The van der Waals surface area contributed by atoms with Gasteiger partial charge in [0.1, 0.15) is 6.07 Å². The van der Waals surface area contributed by atoms with Crippen LogP contribution in [-0.4, -0.2) is 11.1 Å². The molecule has 0 saturated heterocycles. The van der Waals surface area contributed by atoms with Gasteiger partial charge in [0.2, 0.25) is 0 Å². The first-order valence-electron chi connectivity index (χ1n) is 4.21. The van der Waals surface area contributed by atoms with Crippen molar-refractivity contribution in [2.75, 3.05) is 5.33 Å². The van der Waals surface area contributed by atoms with E-state index in [2.05, 4.69) is 15.9 Å². The lowest BCUT2D eigenvalue weighted by Gasteiger charge is -2.11. The third-order valence-electron chi connectivity index (χ3n) is 1.95. The van der Waals surface area contributed by atoms with Crippen molar-refractivity contribution < 1.29 is 18.0 Å². The summed E-state index contributed by atoms with van der Waals surface area (Å²) in [7, 11) is 0. The highest BCUT2D eigenvalue weighted by molar-refractivity contribution is 14.1. The SMILES string of the molecule is N#Cc1c(I)cc(C(=O)CBr)cc1C(F)(F)F. The first-order chi connectivity index (χ1) is 7.81. The van der Waals surface area contributed by atoms with Gasteiger partial charge in [0.05, 0.1) is 16.5 Å². The minimum absolute atomic E-state index is 0.0578. The lowest BCUT2D eigenvalue weighted by Crippen LogP contribution is -2.12. The van der Waals surface area contributed by atoms with Crippen LogP contribution in [0.5, 0.6) is 0 Å². The summed E-state index contributed by atoms with van der Waals surface area (Å²) in [5, 5.41) is 8.64. The second-order valence-corrected chi connectivity index (χ2v) is 4.77. The molecule has 1 aromatic rings. The van der Waals surface area contributed by atoms with Crippen LogP contribution in [0.15, 0.2) is 12.1 Å². The molecule has 0 spiro atoms. The Morgan fingerprint density at radius 3 is 2.47 bits per heavy atom. The van der Waals surface area contributed by atoms with Gasteiger partial charge in [0.25, 0.3) is 0 Å². The van der Waals surface area contributed by atoms with Crippen LogP contribution in [-0.2, 0) is 6.18 Å². The second-order valence-electron chi connectivity index (χ2n) is 3.05. The molecule has 1 aromatic carbocycles. The van der Waals surface area contributed by atoms with Crippen molar-refractivity contribution >= 4 is 44.3 Å². The molecule has 17 heavy (non-hydrogen) atoms. The average molecular weight is 418 g/mol. The Bertz CT molecular complexity index is 507. The van der Waals surface area contributed by atoms with Crippen molar-refractivity contribution in [1.82, 2.24) is 0 Å². The molecule has 0 atom stereocenters. The van der Waals surface area contributed by atoms with Crippen LogP contribution in [0.3, 0.4) is 0 Å². The molecule has 0 aliphatic rings. The summed E-state index contributed by atoms with van der Waals surface area (Å²) in [4.78, 5) is 11.3. The highest BCUT2D eigenvalue weighted by Crippen LogP contribution is 2.34. The number of alkyl halides is 4. The minimum Gasteiger partial charge on any atom is -0.293 e. The zero-order chi connectivity index (χ0) is 13.2. The number of ketones is 1. The van der Waals surface area contributed by atoms with Crippen molar-refractivity contribution in [2.45, 2.75) is 6.18 Å². The number of halogens is 5. The first-order valence-corrected chi connectivity index (χ1v) is 6.41. The topological polar surface area (TPSA) is 40.9 Å². The van der Waals surface area contributed by atoms with Crippen molar-refractivity contribution in [1.29, 1.82) is 5.26 Å². The van der Waals surface area contributed by atoms with Crippen LogP contribution in [0.2, 0.25) is 0 Å². The van der Waals surface area contributed by atoms with E-state index >= 15 is 0 Å². The highest BCUT2D eigenvalue weighted by atomic mass is 127. The molecule has 0 aliphatic heterocycles. The predicted molar refractivity (Wildman–Crippen MR) is 67.0 cm³/mol. The fraction of sp³-hybridized carbons (Fsp3) is 0.200. The van der Waals surface area contributed by atoms with Gasteiger partial charge in [-0.1, -0.05) is 15.9 Å². The smallest absolute Gasteiger partial charge is 0.293 e. The summed E-state index contributed by atoms with van der Waals surface area (Å²) in [5.41, 5.74) is -1.59. The van der Waals surface area contributed by atoms with Crippen LogP contribution in [0.4, 0.5) is 13.2 Å². The number of nitriles is 1. The molecular weight excluding hydrogens is 414 g/mol. The molecule has 0 aliphatic carbocycles. The Balaban J connectivity index is 3.52. The van der Waals surface area contributed by atoms with E-state index < -0.39 is 23.1 Å². The Morgan fingerprint density at radius 2 is 2.06 bits per heavy atom. The van der Waals surface area contributed by atoms with Crippen LogP contribution < -0.4 is 0 Å². The predicted octanol–water partition coefficient (Wildman–Crippen LogP) is 3.76. The summed E-state index contributed by atoms with van der Waals surface area (Å²) in [6.45, 7) is 0. The Kier molecular flexibility index (Phi) is 4.55. The molecule has 0 N–H and O–H groups in total. The third-order valence-corrected chi connectivity index (χ3v) is 3.31. The van der Waals surface area contributed by atoms with Gasteiger partial charge in [0.15, 0.2) is 5.78 Å². The van der Waals surface area contributed by atoms with E-state index in [1.807, 2.05) is 0 Å². The summed E-state index contributed by atoms with van der Waals surface area (Å²) in [6.07, 6.45) is -4.65. The maximum atomic E-state index is 12.7. The molecule has 1 rings (SSSR count). The van der Waals surface area contributed by atoms with E-state index in [1.165, 1.54) is 12.1 Å². The summed E-state index contributed by atoms with van der Waals surface area (Å²) >= 11 is 4.50. The van der Waals surface area contributed by atoms with Crippen LogP contribution in [0.1, 0.15) is 21.5 Å². The number of rotatable bonds is 2. The molecule has 0 fully saturated rings. The number of hydrogen-bond acceptors (Lipinski definition) is 2. The van der Waals surface area contributed by atoms with E-state index in [4.69, 9.17) is 5.26 Å². The monoisotopic (exact) mass is 417 g/mol. The molecule has 2 nitrogen and oxygen atoms in total. The van der Waals surface area contributed by atoms with Crippen molar-refractivity contribution in [3.05, 3.63) is 32.4 Å². The molecule has 0 unspecified atom stereocenters. The number of carbonyl (C=O) groups is 1. The van der Waals surface area contributed by atoms with Crippen LogP contribution >= 0.6 is 38.5 Å². The number of hydrogen-bond donors (Lipinski definition) is 0. The molecule has 90 valence electrons. The third kappa shape index (κ3) is 3.19. The number of carbonyl (C=O) groups excluding carboxylic acids is 1. The largest absolute Gasteiger partial charge is 0.417 e. The van der Waals surface area contributed by atoms with E-state index in [-0.39, 0.29) is 14.5 Å². The molecular formula is C10H4BrF3INO. The standard InChI is InChI=1S/C10H4BrF3INO/c11-3-9(17)5-1-7(10(12,13)14)6(4-16)8(15)2-5/h1-2H,3H2. The summed E-state index contributed by atoms with van der Waals surface area (Å²) in [6, 6.07) is 3.49. The van der Waals surface area contributed by atoms with E-state index in [0.29, 0.717) is 6.07 Å². The molecule has 0 heterocycles. The van der Waals surface area contributed by atoms with Crippen molar-refractivity contribution in [3.63, 3.8) is 0 Å². The second kappa shape index (κ2) is 5.35. The fourth-order valence-corrected chi connectivity index (χ4v) is 2.25. The average Bonchev–Trinajstić information content (AvgIpc) is 2.25. The number of benzene rings is 1. The Labute approximate surface area is 117 Å². The Hall–Kier alpha value is -0.620. The molecule has 7 heteroatoms. The van der Waals surface area contributed by atoms with Crippen molar-refractivity contribution in [3.8, 4) is 6.07 Å². The lowest BCUT2D eigenvalue weighted by atomic mass is 10.0. The van der Waals surface area contributed by atoms with Gasteiger partial charge < -0.3 is 0 Å². The van der Waals surface area contributed by atoms with Gasteiger partial charge in [-0.05, 0) is 34.7 Å². The molecule has 0 amide bonds. The highest BCUT2D eigenvalue weighted by Gasteiger charge is 2.35. The molecule has 0 aromatic heterocycles. The minimum atomic E-state index is -4.65. The number of nitrogens with zero attached hydrogens (tertiary/aromatic N) is 1. The van der Waals surface area contributed by atoms with E-state index in [1.54, 1.807) is 22.6 Å². The fourth-order valence-electron chi connectivity index (χ4n) is 1.18. The quantitative estimate of drug-likeness (QED) is 0.417. The zero-order valence-electron chi connectivity index (χ0n) is 8.11. The van der Waals surface area contributed by atoms with Gasteiger partial charge in [-0.2, -0.15) is 18.4 Å². The van der Waals surface area contributed by atoms with Gasteiger partial charge in [-0.3, -0.25) is 4.79 Å². The zero-order valence-corrected chi connectivity index (χ0v) is 11.9. The first kappa shape index (κ1) is 14.4. The summed E-state index contributed by atoms with van der Waals surface area (Å²) < 4.78 is 38.2. The van der Waals surface area contributed by atoms with E-state index in [9.17, 15) is 18.0 Å². The Morgan fingerprint density at radius 1 is 1.47 bits per heavy atom. The van der Waals surface area contributed by atoms with Gasteiger partial charge in [-0.25, -0.2) is 0 Å². The molecule has 0 saturated carbocycles. The van der Waals surface area contributed by atoms with Crippen molar-refractivity contribution in [2.24, 2.45) is 0 Å². The van der Waals surface area contributed by atoms with Crippen LogP contribution in [0.25, 0.3) is 0 Å². The van der Waals surface area contributed by atoms with Crippen LogP contribution in [0, 0.1) is 14.9 Å². The van der Waals surface area contributed by atoms with Gasteiger partial charge in [-0.15, -0.1) is 0 Å². The maximum Gasteiger partial charge on any atom is 0.417 e. The maximum absolute atomic E-state index is 12.7. The lowest BCUT2D eigenvalue weighted by molar-refractivity contribution is -0.137. The summed E-state index contributed by atoms with van der Waals surface area (Å²) in [5.74, 6) is -0.460. The van der Waals surface area contributed by atoms with Gasteiger partial charge >= 0.3 is 6.18 Å². The normalized spacial score (nSPS) is 11.1. The number of Topliss-reactive ketones (excluding diaryl/α,β-unsaturated/α-hetero) is 1. The molecule has 0 bridgehead atoms. The molecule has 0 radical (unpaired) electrons. The van der Waals surface area contributed by atoms with E-state index in [0.717, 1.165) is 0 Å².